The number of hydrogen-bond donors (Lipinski definition) is 1. The summed E-state index contributed by atoms with van der Waals surface area (Å²) in [5, 5.41) is 26.9. The van der Waals surface area contributed by atoms with Gasteiger partial charge in [-0.15, -0.1) is 0 Å². The van der Waals surface area contributed by atoms with Crippen LogP contribution in [0.1, 0.15) is 11.1 Å². The SMILES string of the molecule is O=[N+]([O-])c1ccc(N/N=C\c2cc(Cl)c(OCc3ccccc3Cl)c(Br)c2)c([N+](=O)[O-])c1. The Labute approximate surface area is 200 Å². The molecule has 3 aromatic rings. The second-order valence-corrected chi connectivity index (χ2v) is 7.95. The molecule has 0 heterocycles. The predicted octanol–water partition coefficient (Wildman–Crippen LogP) is 6.60. The van der Waals surface area contributed by atoms with E-state index >= 15 is 0 Å². The fraction of sp³-hybridized carbons (Fsp3) is 0.0500. The first kappa shape index (κ1) is 23.5. The van der Waals surface area contributed by atoms with Gasteiger partial charge in [-0.25, -0.2) is 0 Å². The first-order valence-corrected chi connectivity index (χ1v) is 10.4. The molecule has 0 atom stereocenters. The molecule has 0 aliphatic rings. The van der Waals surface area contributed by atoms with Crippen molar-refractivity contribution in [2.75, 3.05) is 5.43 Å². The average Bonchev–Trinajstić information content (AvgIpc) is 2.74. The van der Waals surface area contributed by atoms with Crippen molar-refractivity contribution in [2.45, 2.75) is 6.61 Å². The lowest BCUT2D eigenvalue weighted by Gasteiger charge is -2.12. The first-order chi connectivity index (χ1) is 15.3. The van der Waals surface area contributed by atoms with Gasteiger partial charge in [-0.3, -0.25) is 25.7 Å². The first-order valence-electron chi connectivity index (χ1n) is 8.83. The van der Waals surface area contributed by atoms with Gasteiger partial charge >= 0.3 is 5.69 Å². The Hall–Kier alpha value is -3.21. The summed E-state index contributed by atoms with van der Waals surface area (Å²) in [6.45, 7) is 0.219. The number of anilines is 1. The number of nitrogens with one attached hydrogen (secondary N) is 1. The second kappa shape index (κ2) is 10.4. The zero-order chi connectivity index (χ0) is 23.3. The molecule has 0 radical (unpaired) electrons. The molecule has 32 heavy (non-hydrogen) atoms. The van der Waals surface area contributed by atoms with Gasteiger partial charge in [-0.1, -0.05) is 41.4 Å². The van der Waals surface area contributed by atoms with Gasteiger partial charge in [0.25, 0.3) is 5.69 Å². The number of nitrogens with zero attached hydrogens (tertiary/aromatic N) is 3. The second-order valence-electron chi connectivity index (χ2n) is 6.28. The molecule has 0 aliphatic heterocycles. The highest BCUT2D eigenvalue weighted by Gasteiger charge is 2.19. The monoisotopic (exact) mass is 538 g/mol. The summed E-state index contributed by atoms with van der Waals surface area (Å²) in [4.78, 5) is 20.6. The minimum absolute atomic E-state index is 0.00158. The highest BCUT2D eigenvalue weighted by Crippen LogP contribution is 2.35. The molecule has 0 saturated carbocycles. The van der Waals surface area contributed by atoms with Crippen LogP contribution in [0.15, 0.2) is 64.2 Å². The molecule has 0 aromatic heterocycles. The molecule has 0 bridgehead atoms. The number of benzene rings is 3. The van der Waals surface area contributed by atoms with Crippen LogP contribution in [-0.4, -0.2) is 16.1 Å². The fourth-order valence-electron chi connectivity index (χ4n) is 2.61. The Balaban J connectivity index is 1.74. The van der Waals surface area contributed by atoms with Gasteiger partial charge in [0.2, 0.25) is 0 Å². The van der Waals surface area contributed by atoms with E-state index in [1.807, 2.05) is 18.2 Å². The third-order valence-electron chi connectivity index (χ3n) is 4.14. The molecule has 0 saturated heterocycles. The summed E-state index contributed by atoms with van der Waals surface area (Å²) in [5.41, 5.74) is 3.03. The lowest BCUT2D eigenvalue weighted by Crippen LogP contribution is -2.00. The highest BCUT2D eigenvalue weighted by atomic mass is 79.9. The van der Waals surface area contributed by atoms with Gasteiger partial charge in [-0.2, -0.15) is 5.10 Å². The van der Waals surface area contributed by atoms with Crippen molar-refractivity contribution in [3.05, 3.63) is 100 Å². The molecule has 0 fully saturated rings. The molecule has 0 spiro atoms. The quantitative estimate of drug-likeness (QED) is 0.195. The number of nitro benzene ring substituents is 2. The van der Waals surface area contributed by atoms with Crippen LogP contribution >= 0.6 is 39.1 Å². The molecule has 0 unspecified atom stereocenters. The van der Waals surface area contributed by atoms with Crippen LogP contribution in [0.5, 0.6) is 5.75 Å². The highest BCUT2D eigenvalue weighted by molar-refractivity contribution is 9.10. The van der Waals surface area contributed by atoms with Crippen molar-refractivity contribution in [3.63, 3.8) is 0 Å². The van der Waals surface area contributed by atoms with Gasteiger partial charge in [0.1, 0.15) is 12.3 Å². The molecule has 3 rings (SSSR count). The summed E-state index contributed by atoms with van der Waals surface area (Å²) in [5.74, 6) is 0.419. The van der Waals surface area contributed by atoms with Crippen LogP contribution in [0.4, 0.5) is 17.1 Å². The van der Waals surface area contributed by atoms with Crippen molar-refractivity contribution < 1.29 is 14.6 Å². The fourth-order valence-corrected chi connectivity index (χ4v) is 3.79. The molecule has 164 valence electrons. The van der Waals surface area contributed by atoms with Crippen LogP contribution in [-0.2, 0) is 6.61 Å². The summed E-state index contributed by atoms with van der Waals surface area (Å²) in [6, 6.07) is 13.8. The number of hydrogen-bond acceptors (Lipinski definition) is 7. The van der Waals surface area contributed by atoms with E-state index < -0.39 is 21.2 Å². The van der Waals surface area contributed by atoms with E-state index in [1.165, 1.54) is 12.3 Å². The number of nitro groups is 2. The van der Waals surface area contributed by atoms with Gasteiger partial charge in [0.05, 0.1) is 31.6 Å². The topological polar surface area (TPSA) is 120 Å². The smallest absolute Gasteiger partial charge is 0.301 e. The van der Waals surface area contributed by atoms with Crippen molar-refractivity contribution in [1.82, 2.24) is 0 Å². The van der Waals surface area contributed by atoms with Gasteiger partial charge in [-0.05, 0) is 45.8 Å². The predicted molar refractivity (Wildman–Crippen MR) is 126 cm³/mol. The van der Waals surface area contributed by atoms with Crippen LogP contribution < -0.4 is 10.2 Å². The lowest BCUT2D eigenvalue weighted by molar-refractivity contribution is -0.393. The molecular weight excluding hydrogens is 527 g/mol. The number of ether oxygens (including phenoxy) is 1. The minimum atomic E-state index is -0.733. The van der Waals surface area contributed by atoms with Gasteiger partial charge in [0.15, 0.2) is 5.75 Å². The van der Waals surface area contributed by atoms with E-state index in [0.29, 0.717) is 25.8 Å². The van der Waals surface area contributed by atoms with E-state index in [0.717, 1.165) is 17.7 Å². The van der Waals surface area contributed by atoms with Crippen LogP contribution in [0.2, 0.25) is 10.0 Å². The zero-order valence-corrected chi connectivity index (χ0v) is 19.1. The molecule has 9 nitrogen and oxygen atoms in total. The maximum atomic E-state index is 11.2. The summed E-state index contributed by atoms with van der Waals surface area (Å²) in [6.07, 6.45) is 1.39. The molecule has 12 heteroatoms. The molecule has 0 amide bonds. The third kappa shape index (κ3) is 5.72. The molecule has 1 N–H and O–H groups in total. The number of rotatable bonds is 8. The Morgan fingerprint density at radius 1 is 1.03 bits per heavy atom. The Bertz CT molecular complexity index is 1200. The molecule has 0 aliphatic carbocycles. The Morgan fingerprint density at radius 2 is 1.78 bits per heavy atom. The van der Waals surface area contributed by atoms with E-state index in [-0.39, 0.29) is 12.3 Å². The maximum absolute atomic E-state index is 11.2. The van der Waals surface area contributed by atoms with E-state index in [4.69, 9.17) is 27.9 Å². The Morgan fingerprint density at radius 3 is 2.44 bits per heavy atom. The van der Waals surface area contributed by atoms with Crippen molar-refractivity contribution >= 4 is 62.4 Å². The van der Waals surface area contributed by atoms with Crippen molar-refractivity contribution in [2.24, 2.45) is 5.10 Å². The molecule has 3 aromatic carbocycles. The number of hydrazone groups is 1. The van der Waals surface area contributed by atoms with Crippen molar-refractivity contribution in [1.29, 1.82) is 0 Å². The minimum Gasteiger partial charge on any atom is -0.486 e. The van der Waals surface area contributed by atoms with E-state index in [1.54, 1.807) is 18.2 Å². The lowest BCUT2D eigenvalue weighted by atomic mass is 10.2. The summed E-state index contributed by atoms with van der Waals surface area (Å²) in [7, 11) is 0. The van der Waals surface area contributed by atoms with E-state index in [2.05, 4.69) is 26.5 Å². The standard InChI is InChI=1S/C20H13BrCl2N4O5/c21-15-7-12(8-17(23)20(15)32-11-13-3-1-2-4-16(13)22)10-24-25-18-6-5-14(26(28)29)9-19(18)27(30)31/h1-10,25H,11H2/b24-10-. The number of non-ortho nitro benzene ring substituents is 1. The average molecular weight is 540 g/mol. The van der Waals surface area contributed by atoms with Crippen molar-refractivity contribution in [3.8, 4) is 5.75 Å². The largest absolute Gasteiger partial charge is 0.486 e. The van der Waals surface area contributed by atoms with Crippen LogP contribution in [0.3, 0.4) is 0 Å². The maximum Gasteiger partial charge on any atom is 0.301 e. The van der Waals surface area contributed by atoms with Gasteiger partial charge in [0, 0.05) is 16.7 Å². The Kier molecular flexibility index (Phi) is 7.62. The summed E-state index contributed by atoms with van der Waals surface area (Å²) >= 11 is 15.9. The van der Waals surface area contributed by atoms with Gasteiger partial charge < -0.3 is 4.74 Å². The van der Waals surface area contributed by atoms with Crippen LogP contribution in [0, 0.1) is 20.2 Å². The number of halogens is 3. The third-order valence-corrected chi connectivity index (χ3v) is 5.38. The summed E-state index contributed by atoms with van der Waals surface area (Å²) < 4.78 is 6.35. The molecular formula is C20H13BrCl2N4O5. The van der Waals surface area contributed by atoms with Crippen LogP contribution in [0.25, 0.3) is 0 Å². The normalized spacial score (nSPS) is 10.8. The van der Waals surface area contributed by atoms with E-state index in [9.17, 15) is 20.2 Å². The zero-order valence-electron chi connectivity index (χ0n) is 16.0.